The molecule has 0 aliphatic heterocycles. The van der Waals surface area contributed by atoms with Gasteiger partial charge in [-0.1, -0.05) is 13.8 Å². The molecule has 0 fully saturated rings. The lowest BCUT2D eigenvalue weighted by Gasteiger charge is -1.95. The van der Waals surface area contributed by atoms with E-state index < -0.39 is 0 Å². The fourth-order valence-electron chi connectivity index (χ4n) is 1.09. The lowest BCUT2D eigenvalue weighted by molar-refractivity contribution is 0.597. The molecule has 11 heavy (non-hydrogen) atoms. The molecular formula is C8H14N2O. The van der Waals surface area contributed by atoms with Gasteiger partial charge in [0.15, 0.2) is 0 Å². The molecule has 0 saturated heterocycles. The lowest BCUT2D eigenvalue weighted by Crippen LogP contribution is -2.07. The maximum atomic E-state index is 11.1. The van der Waals surface area contributed by atoms with Gasteiger partial charge >= 0.3 is 0 Å². The van der Waals surface area contributed by atoms with Gasteiger partial charge in [0.2, 0.25) is 0 Å². The van der Waals surface area contributed by atoms with E-state index in [0.29, 0.717) is 0 Å². The largest absolute Gasteiger partial charge is 0.292 e. The average Bonchev–Trinajstić information content (AvgIpc) is 2.32. The second-order valence-electron chi connectivity index (χ2n) is 2.64. The third-order valence-electron chi connectivity index (χ3n) is 1.69. The van der Waals surface area contributed by atoms with Crippen molar-refractivity contribution in [3.05, 3.63) is 22.1 Å². The van der Waals surface area contributed by atoms with Crippen molar-refractivity contribution in [1.82, 2.24) is 9.78 Å². The minimum atomic E-state index is 0.0564. The Morgan fingerprint density at radius 1 is 1.55 bits per heavy atom. The van der Waals surface area contributed by atoms with Crippen LogP contribution in [0.5, 0.6) is 0 Å². The van der Waals surface area contributed by atoms with E-state index >= 15 is 0 Å². The minimum absolute atomic E-state index is 0.0564. The highest BCUT2D eigenvalue weighted by molar-refractivity contribution is 5.03. The van der Waals surface area contributed by atoms with Crippen molar-refractivity contribution in [1.29, 1.82) is 0 Å². The van der Waals surface area contributed by atoms with Gasteiger partial charge in [0.05, 0.1) is 0 Å². The molecule has 1 aromatic heterocycles. The molecule has 1 rings (SSSR count). The van der Waals surface area contributed by atoms with E-state index in [1.54, 1.807) is 0 Å². The maximum Gasteiger partial charge on any atom is 0.267 e. The molecule has 0 unspecified atom stereocenters. The number of nitrogens with zero attached hydrogens (tertiary/aromatic N) is 1. The summed E-state index contributed by atoms with van der Waals surface area (Å²) in [5.74, 6) is 0. The molecule has 3 nitrogen and oxygen atoms in total. The van der Waals surface area contributed by atoms with Crippen LogP contribution in [0, 0.1) is 0 Å². The molecule has 1 aromatic rings. The topological polar surface area (TPSA) is 37.8 Å². The molecule has 1 N–H and O–H groups in total. The number of aromatic nitrogens is 2. The fourth-order valence-corrected chi connectivity index (χ4v) is 1.09. The van der Waals surface area contributed by atoms with Crippen LogP contribution in [-0.4, -0.2) is 9.78 Å². The van der Waals surface area contributed by atoms with Gasteiger partial charge in [-0.2, -0.15) is 0 Å². The molecular weight excluding hydrogens is 140 g/mol. The first-order chi connectivity index (χ1) is 5.27. The number of rotatable bonds is 3. The van der Waals surface area contributed by atoms with Gasteiger partial charge in [-0.15, -0.1) is 0 Å². The Morgan fingerprint density at radius 2 is 2.27 bits per heavy atom. The Bertz CT molecular complexity index is 272. The Morgan fingerprint density at radius 3 is 2.73 bits per heavy atom. The molecule has 0 aliphatic rings. The second-order valence-corrected chi connectivity index (χ2v) is 2.64. The molecule has 0 aliphatic carbocycles. The van der Waals surface area contributed by atoms with Crippen LogP contribution < -0.4 is 5.56 Å². The Hall–Kier alpha value is -0.990. The summed E-state index contributed by atoms with van der Waals surface area (Å²) in [5, 5.41) is 2.76. The summed E-state index contributed by atoms with van der Waals surface area (Å²) in [6.45, 7) is 4.97. The lowest BCUT2D eigenvalue weighted by atomic mass is 10.3. The van der Waals surface area contributed by atoms with Gasteiger partial charge in [0.25, 0.3) is 5.56 Å². The average molecular weight is 154 g/mol. The Kier molecular flexibility index (Phi) is 2.52. The number of aryl methyl sites for hydroxylation is 2. The number of H-pyrrole nitrogens is 1. The van der Waals surface area contributed by atoms with Gasteiger partial charge in [-0.3, -0.25) is 14.6 Å². The first kappa shape index (κ1) is 8.11. The number of nitrogens with one attached hydrogen (secondary N) is 1. The highest BCUT2D eigenvalue weighted by Crippen LogP contribution is 1.92. The van der Waals surface area contributed by atoms with Crippen LogP contribution in [0.2, 0.25) is 0 Å². The standard InChI is InChI=1S/C8H14N2O/c1-3-5-10-6-7(4-2)8(11)9-10/h6H,3-5H2,1-2H3,(H,9,11). The minimum Gasteiger partial charge on any atom is -0.292 e. The van der Waals surface area contributed by atoms with Crippen LogP contribution >= 0.6 is 0 Å². The van der Waals surface area contributed by atoms with Crippen LogP contribution in [0.3, 0.4) is 0 Å². The zero-order valence-electron chi connectivity index (χ0n) is 7.05. The number of aromatic amines is 1. The third-order valence-corrected chi connectivity index (χ3v) is 1.69. The van der Waals surface area contributed by atoms with Gasteiger partial charge in [0.1, 0.15) is 0 Å². The summed E-state index contributed by atoms with van der Waals surface area (Å²) < 4.78 is 1.85. The first-order valence-corrected chi connectivity index (χ1v) is 4.06. The molecule has 1 heterocycles. The summed E-state index contributed by atoms with van der Waals surface area (Å²) in [6.07, 6.45) is 3.76. The van der Waals surface area contributed by atoms with Crippen molar-refractivity contribution < 1.29 is 0 Å². The zero-order valence-corrected chi connectivity index (χ0v) is 7.05. The highest BCUT2D eigenvalue weighted by Gasteiger charge is 1.99. The van der Waals surface area contributed by atoms with Crippen molar-refractivity contribution in [3.63, 3.8) is 0 Å². The van der Waals surface area contributed by atoms with E-state index in [9.17, 15) is 4.79 Å². The summed E-state index contributed by atoms with van der Waals surface area (Å²) in [7, 11) is 0. The highest BCUT2D eigenvalue weighted by atomic mass is 16.1. The Labute approximate surface area is 66.0 Å². The molecule has 0 radical (unpaired) electrons. The van der Waals surface area contributed by atoms with E-state index in [0.717, 1.165) is 24.9 Å². The molecule has 3 heteroatoms. The molecule has 62 valence electrons. The Balaban J connectivity index is 2.86. The summed E-state index contributed by atoms with van der Waals surface area (Å²) in [5.41, 5.74) is 0.930. The monoisotopic (exact) mass is 154 g/mol. The fraction of sp³-hybridized carbons (Fsp3) is 0.625. The van der Waals surface area contributed by atoms with E-state index in [1.165, 1.54) is 0 Å². The molecule has 0 spiro atoms. The summed E-state index contributed by atoms with van der Waals surface area (Å²) in [6, 6.07) is 0. The normalized spacial score (nSPS) is 10.4. The van der Waals surface area contributed by atoms with Crippen LogP contribution in [0.4, 0.5) is 0 Å². The van der Waals surface area contributed by atoms with Gasteiger partial charge < -0.3 is 0 Å². The molecule has 0 aromatic carbocycles. The van der Waals surface area contributed by atoms with Crippen molar-refractivity contribution >= 4 is 0 Å². The SMILES string of the molecule is CCCn1cc(CC)c(=O)[nH]1. The molecule has 0 atom stereocenters. The van der Waals surface area contributed by atoms with Gasteiger partial charge in [-0.05, 0) is 12.8 Å². The first-order valence-electron chi connectivity index (χ1n) is 4.06. The van der Waals surface area contributed by atoms with Crippen LogP contribution in [0.1, 0.15) is 25.8 Å². The van der Waals surface area contributed by atoms with Crippen molar-refractivity contribution in [2.24, 2.45) is 0 Å². The zero-order chi connectivity index (χ0) is 8.27. The van der Waals surface area contributed by atoms with Crippen LogP contribution in [0.15, 0.2) is 11.0 Å². The summed E-state index contributed by atoms with van der Waals surface area (Å²) >= 11 is 0. The van der Waals surface area contributed by atoms with Gasteiger partial charge in [-0.25, -0.2) is 0 Å². The van der Waals surface area contributed by atoms with Crippen LogP contribution in [-0.2, 0) is 13.0 Å². The molecule has 0 amide bonds. The van der Waals surface area contributed by atoms with Gasteiger partial charge in [0, 0.05) is 18.3 Å². The number of hydrogen-bond acceptors (Lipinski definition) is 1. The molecule has 0 bridgehead atoms. The predicted molar refractivity (Wildman–Crippen MR) is 44.7 cm³/mol. The quantitative estimate of drug-likeness (QED) is 0.696. The van der Waals surface area contributed by atoms with Crippen molar-refractivity contribution in [2.45, 2.75) is 33.2 Å². The molecule has 0 saturated carbocycles. The predicted octanol–water partition coefficient (Wildman–Crippen LogP) is 1.15. The van der Waals surface area contributed by atoms with E-state index in [1.807, 2.05) is 17.8 Å². The third kappa shape index (κ3) is 1.73. The second kappa shape index (κ2) is 3.42. The van der Waals surface area contributed by atoms with Crippen molar-refractivity contribution in [2.75, 3.05) is 0 Å². The van der Waals surface area contributed by atoms with Crippen molar-refractivity contribution in [3.8, 4) is 0 Å². The number of hydrogen-bond donors (Lipinski definition) is 1. The maximum absolute atomic E-state index is 11.1. The van der Waals surface area contributed by atoms with E-state index in [2.05, 4.69) is 12.0 Å². The smallest absolute Gasteiger partial charge is 0.267 e. The van der Waals surface area contributed by atoms with Crippen LogP contribution in [0.25, 0.3) is 0 Å². The van der Waals surface area contributed by atoms with E-state index in [4.69, 9.17) is 0 Å². The summed E-state index contributed by atoms with van der Waals surface area (Å²) in [4.78, 5) is 11.1. The van der Waals surface area contributed by atoms with E-state index in [-0.39, 0.29) is 5.56 Å².